The molecule has 0 atom stereocenters. The van der Waals surface area contributed by atoms with Crippen molar-refractivity contribution in [3.63, 3.8) is 0 Å². The maximum Gasteiger partial charge on any atom is 0.329 e. The Morgan fingerprint density at radius 3 is 2.58 bits per heavy atom. The second-order valence-electron chi connectivity index (χ2n) is 5.13. The summed E-state index contributed by atoms with van der Waals surface area (Å²) in [4.78, 5) is 23.5. The van der Waals surface area contributed by atoms with E-state index in [0.29, 0.717) is 22.7 Å². The van der Waals surface area contributed by atoms with E-state index in [-0.39, 0.29) is 6.79 Å². The average molecular weight is 325 g/mol. The number of hydrogen-bond acceptors (Lipinski definition) is 5. The Balaban J connectivity index is 1.54. The lowest BCUT2D eigenvalue weighted by atomic mass is 10.2. The molecule has 2 amide bonds. The largest absolute Gasteiger partial charge is 0.454 e. The molecule has 122 valence electrons. The molecule has 0 radical (unpaired) electrons. The Kier molecular flexibility index (Phi) is 4.42. The van der Waals surface area contributed by atoms with E-state index in [1.165, 1.54) is 6.21 Å². The third-order valence-electron chi connectivity index (χ3n) is 3.29. The van der Waals surface area contributed by atoms with Crippen LogP contribution in [0.3, 0.4) is 0 Å². The van der Waals surface area contributed by atoms with Gasteiger partial charge in [0.1, 0.15) is 0 Å². The Bertz CT molecular complexity index is 800. The van der Waals surface area contributed by atoms with E-state index in [1.807, 2.05) is 19.1 Å². The van der Waals surface area contributed by atoms with Gasteiger partial charge in [-0.05, 0) is 42.8 Å². The van der Waals surface area contributed by atoms with Gasteiger partial charge in [-0.1, -0.05) is 17.7 Å². The fourth-order valence-corrected chi connectivity index (χ4v) is 2.03. The first kappa shape index (κ1) is 15.5. The monoisotopic (exact) mass is 325 g/mol. The highest BCUT2D eigenvalue weighted by atomic mass is 16.7. The highest BCUT2D eigenvalue weighted by Gasteiger charge is 2.14. The van der Waals surface area contributed by atoms with Crippen LogP contribution in [0.4, 0.5) is 5.69 Å². The number of aryl methyl sites for hydroxylation is 1. The van der Waals surface area contributed by atoms with Gasteiger partial charge in [-0.2, -0.15) is 5.10 Å². The van der Waals surface area contributed by atoms with Crippen molar-refractivity contribution in [3.05, 3.63) is 53.6 Å². The number of carbonyl (C=O) groups is 2. The predicted octanol–water partition coefficient (Wildman–Crippen LogP) is 1.81. The van der Waals surface area contributed by atoms with Gasteiger partial charge in [0, 0.05) is 5.69 Å². The molecule has 0 saturated carbocycles. The van der Waals surface area contributed by atoms with Gasteiger partial charge in [-0.25, -0.2) is 5.43 Å². The lowest BCUT2D eigenvalue weighted by molar-refractivity contribution is -0.136. The molecule has 7 nitrogen and oxygen atoms in total. The number of anilines is 1. The van der Waals surface area contributed by atoms with Gasteiger partial charge in [0.15, 0.2) is 11.5 Å². The summed E-state index contributed by atoms with van der Waals surface area (Å²) < 4.78 is 10.4. The van der Waals surface area contributed by atoms with Gasteiger partial charge in [0.2, 0.25) is 6.79 Å². The number of nitrogens with zero attached hydrogens (tertiary/aromatic N) is 1. The summed E-state index contributed by atoms with van der Waals surface area (Å²) in [5, 5.41) is 6.25. The average Bonchev–Trinajstić information content (AvgIpc) is 3.04. The Morgan fingerprint density at radius 1 is 1.04 bits per heavy atom. The third kappa shape index (κ3) is 3.70. The van der Waals surface area contributed by atoms with Crippen LogP contribution in [0.25, 0.3) is 0 Å². The van der Waals surface area contributed by atoms with Crippen molar-refractivity contribution in [1.82, 2.24) is 5.43 Å². The van der Waals surface area contributed by atoms with E-state index in [2.05, 4.69) is 15.8 Å². The molecule has 2 aromatic rings. The number of fused-ring (bicyclic) bond motifs is 1. The van der Waals surface area contributed by atoms with Gasteiger partial charge >= 0.3 is 11.8 Å². The van der Waals surface area contributed by atoms with Crippen molar-refractivity contribution in [1.29, 1.82) is 0 Å². The third-order valence-corrected chi connectivity index (χ3v) is 3.29. The minimum Gasteiger partial charge on any atom is -0.454 e. The maximum atomic E-state index is 11.8. The molecule has 3 rings (SSSR count). The molecule has 0 spiro atoms. The van der Waals surface area contributed by atoms with Crippen molar-refractivity contribution in [2.45, 2.75) is 6.92 Å². The molecule has 0 bridgehead atoms. The zero-order valence-corrected chi connectivity index (χ0v) is 12.9. The van der Waals surface area contributed by atoms with E-state index in [4.69, 9.17) is 9.47 Å². The van der Waals surface area contributed by atoms with Gasteiger partial charge in [0.05, 0.1) is 6.21 Å². The Hall–Kier alpha value is -3.35. The quantitative estimate of drug-likeness (QED) is 0.512. The van der Waals surface area contributed by atoms with Crippen molar-refractivity contribution >= 4 is 23.7 Å². The summed E-state index contributed by atoms with van der Waals surface area (Å²) in [5.74, 6) is -0.370. The number of hydrogen-bond donors (Lipinski definition) is 2. The zero-order valence-electron chi connectivity index (χ0n) is 12.9. The van der Waals surface area contributed by atoms with E-state index in [0.717, 1.165) is 5.56 Å². The molecule has 1 heterocycles. The molecule has 0 unspecified atom stereocenters. The minimum atomic E-state index is -0.854. The molecule has 24 heavy (non-hydrogen) atoms. The SMILES string of the molecule is Cc1ccc(NC(=O)C(=O)NN=Cc2ccc3c(c2)OCO3)cc1. The highest BCUT2D eigenvalue weighted by molar-refractivity contribution is 6.39. The number of benzene rings is 2. The number of hydrazone groups is 1. The molecule has 0 aromatic heterocycles. The van der Waals surface area contributed by atoms with Gasteiger partial charge < -0.3 is 14.8 Å². The van der Waals surface area contributed by atoms with E-state index >= 15 is 0 Å². The fourth-order valence-electron chi connectivity index (χ4n) is 2.03. The Labute approximate surface area is 138 Å². The molecule has 1 aliphatic rings. The molecule has 0 saturated heterocycles. The van der Waals surface area contributed by atoms with Crippen LogP contribution < -0.4 is 20.2 Å². The molecule has 2 aromatic carbocycles. The summed E-state index contributed by atoms with van der Waals surface area (Å²) in [6.45, 7) is 2.12. The zero-order chi connectivity index (χ0) is 16.9. The van der Waals surface area contributed by atoms with E-state index in [9.17, 15) is 9.59 Å². The lowest BCUT2D eigenvalue weighted by Crippen LogP contribution is -2.32. The smallest absolute Gasteiger partial charge is 0.329 e. The summed E-state index contributed by atoms with van der Waals surface area (Å²) in [6, 6.07) is 12.3. The van der Waals surface area contributed by atoms with Crippen molar-refractivity contribution in [3.8, 4) is 11.5 Å². The van der Waals surface area contributed by atoms with Gasteiger partial charge in [-0.3, -0.25) is 9.59 Å². The molecule has 0 fully saturated rings. The second kappa shape index (κ2) is 6.82. The standard InChI is InChI=1S/C17H15N3O4/c1-11-2-5-13(6-3-11)19-16(21)17(22)20-18-9-12-4-7-14-15(8-12)24-10-23-14/h2-9H,10H2,1H3,(H,19,21)(H,20,22). The number of nitrogens with one attached hydrogen (secondary N) is 2. The number of rotatable bonds is 3. The fraction of sp³-hybridized carbons (Fsp3) is 0.118. The topological polar surface area (TPSA) is 89.0 Å². The summed E-state index contributed by atoms with van der Waals surface area (Å²) >= 11 is 0. The second-order valence-corrected chi connectivity index (χ2v) is 5.13. The molecule has 2 N–H and O–H groups in total. The first-order valence-corrected chi connectivity index (χ1v) is 7.22. The normalized spacial score (nSPS) is 12.2. The Morgan fingerprint density at radius 2 is 1.79 bits per heavy atom. The molecular weight excluding hydrogens is 310 g/mol. The van der Waals surface area contributed by atoms with Crippen molar-refractivity contribution in [2.24, 2.45) is 5.10 Å². The van der Waals surface area contributed by atoms with Crippen LogP contribution in [-0.4, -0.2) is 24.8 Å². The van der Waals surface area contributed by atoms with Gasteiger partial charge in [-0.15, -0.1) is 0 Å². The molecule has 0 aliphatic carbocycles. The maximum absolute atomic E-state index is 11.8. The van der Waals surface area contributed by atoms with Crippen LogP contribution in [0, 0.1) is 6.92 Å². The number of amides is 2. The summed E-state index contributed by atoms with van der Waals surface area (Å²) in [5.41, 5.74) is 4.49. The predicted molar refractivity (Wildman–Crippen MR) is 88.1 cm³/mol. The van der Waals surface area contributed by atoms with Crippen LogP contribution in [0.5, 0.6) is 11.5 Å². The van der Waals surface area contributed by atoms with Crippen molar-refractivity contribution < 1.29 is 19.1 Å². The first-order valence-electron chi connectivity index (χ1n) is 7.22. The van der Waals surface area contributed by atoms with E-state index < -0.39 is 11.8 Å². The first-order chi connectivity index (χ1) is 11.6. The van der Waals surface area contributed by atoms with Crippen LogP contribution in [0.2, 0.25) is 0 Å². The van der Waals surface area contributed by atoms with Gasteiger partial charge in [0.25, 0.3) is 0 Å². The summed E-state index contributed by atoms with van der Waals surface area (Å²) in [7, 11) is 0. The number of carbonyl (C=O) groups excluding carboxylic acids is 2. The molecular formula is C17H15N3O4. The van der Waals surface area contributed by atoms with Crippen molar-refractivity contribution in [2.75, 3.05) is 12.1 Å². The van der Waals surface area contributed by atoms with Crippen LogP contribution >= 0.6 is 0 Å². The van der Waals surface area contributed by atoms with E-state index in [1.54, 1.807) is 30.3 Å². The summed E-state index contributed by atoms with van der Waals surface area (Å²) in [6.07, 6.45) is 1.42. The minimum absolute atomic E-state index is 0.186. The lowest BCUT2D eigenvalue weighted by Gasteiger charge is -2.04. The van der Waals surface area contributed by atoms with Crippen LogP contribution in [0.1, 0.15) is 11.1 Å². The molecule has 7 heteroatoms. The highest BCUT2D eigenvalue weighted by Crippen LogP contribution is 2.31. The molecule has 1 aliphatic heterocycles. The van der Waals surface area contributed by atoms with Crippen LogP contribution in [0.15, 0.2) is 47.6 Å². The number of ether oxygens (including phenoxy) is 2. The van der Waals surface area contributed by atoms with Crippen LogP contribution in [-0.2, 0) is 9.59 Å².